The molecule has 0 bridgehead atoms. The summed E-state index contributed by atoms with van der Waals surface area (Å²) in [6.07, 6.45) is 1.55. The van der Waals surface area contributed by atoms with Gasteiger partial charge >= 0.3 is 5.97 Å². The maximum Gasteiger partial charge on any atom is 0.339 e. The maximum absolute atomic E-state index is 11.6. The van der Waals surface area contributed by atoms with Crippen LogP contribution >= 0.6 is 0 Å². The van der Waals surface area contributed by atoms with Crippen LogP contribution in [0.25, 0.3) is 0 Å². The van der Waals surface area contributed by atoms with Crippen molar-refractivity contribution >= 4 is 5.97 Å². The molecule has 0 saturated heterocycles. The highest BCUT2D eigenvalue weighted by Gasteiger charge is 2.35. The molecule has 2 aromatic rings. The van der Waals surface area contributed by atoms with E-state index in [9.17, 15) is 15.0 Å². The fourth-order valence-corrected chi connectivity index (χ4v) is 4.15. The van der Waals surface area contributed by atoms with E-state index in [1.54, 1.807) is 19.2 Å². The Balaban J connectivity index is 1.78. The van der Waals surface area contributed by atoms with Gasteiger partial charge in [-0.05, 0) is 47.7 Å². The summed E-state index contributed by atoms with van der Waals surface area (Å²) in [4.78, 5) is 13.9. The van der Waals surface area contributed by atoms with E-state index in [1.165, 1.54) is 7.11 Å². The van der Waals surface area contributed by atoms with E-state index in [2.05, 4.69) is 4.90 Å². The molecule has 2 N–H and O–H groups in total. The summed E-state index contributed by atoms with van der Waals surface area (Å²) in [7, 11) is 3.04. The Morgan fingerprint density at radius 2 is 1.92 bits per heavy atom. The lowest BCUT2D eigenvalue weighted by Crippen LogP contribution is -2.39. The van der Waals surface area contributed by atoms with Crippen LogP contribution in [-0.2, 0) is 19.4 Å². The fraction of sp³-hybridized carbons (Fsp3) is 0.350. The molecule has 4 rings (SSSR count). The minimum Gasteiger partial charge on any atom is -0.504 e. The number of carboxylic acid groups (broad SMARTS) is 1. The highest BCUT2D eigenvalue weighted by molar-refractivity contribution is 5.91. The molecule has 2 heterocycles. The second-order valence-electron chi connectivity index (χ2n) is 6.75. The van der Waals surface area contributed by atoms with Crippen molar-refractivity contribution in [1.29, 1.82) is 0 Å². The average Bonchev–Trinajstić information content (AvgIpc) is 2.66. The lowest BCUT2D eigenvalue weighted by molar-refractivity contribution is 0.0692. The number of aromatic hydroxyl groups is 1. The van der Waals surface area contributed by atoms with Crippen LogP contribution in [0.5, 0.6) is 17.2 Å². The van der Waals surface area contributed by atoms with Gasteiger partial charge in [-0.3, -0.25) is 4.90 Å². The molecule has 1 atom stereocenters. The van der Waals surface area contributed by atoms with Gasteiger partial charge in [0, 0.05) is 24.7 Å². The first-order valence-corrected chi connectivity index (χ1v) is 8.59. The molecular formula is C20H21NO5. The van der Waals surface area contributed by atoms with Crippen LogP contribution in [0.2, 0.25) is 0 Å². The monoisotopic (exact) mass is 355 g/mol. The number of carboxylic acids is 1. The van der Waals surface area contributed by atoms with Crippen molar-refractivity contribution in [2.24, 2.45) is 0 Å². The summed E-state index contributed by atoms with van der Waals surface area (Å²) in [6, 6.07) is 7.48. The minimum absolute atomic E-state index is 0.100. The van der Waals surface area contributed by atoms with Gasteiger partial charge in [0.05, 0.1) is 14.2 Å². The standard InChI is InChI=1S/C20H21NO5/c1-25-17-4-3-11-7-16-13-9-14(20(23)24)18(26-2)8-12(13)5-6-21(16)10-15(11)19(17)22/h3-4,8-9,16,22H,5-7,10H2,1-2H3,(H,23,24). The lowest BCUT2D eigenvalue weighted by Gasteiger charge is -2.42. The van der Waals surface area contributed by atoms with Gasteiger partial charge in [-0.1, -0.05) is 6.07 Å². The molecular weight excluding hydrogens is 334 g/mol. The van der Waals surface area contributed by atoms with Gasteiger partial charge in [-0.25, -0.2) is 4.79 Å². The number of ether oxygens (including phenoxy) is 2. The Morgan fingerprint density at radius 3 is 2.62 bits per heavy atom. The predicted molar refractivity (Wildman–Crippen MR) is 95.2 cm³/mol. The van der Waals surface area contributed by atoms with Gasteiger partial charge in [0.25, 0.3) is 0 Å². The molecule has 0 radical (unpaired) electrons. The summed E-state index contributed by atoms with van der Waals surface area (Å²) in [5.41, 5.74) is 4.34. The second-order valence-corrected chi connectivity index (χ2v) is 6.75. The van der Waals surface area contributed by atoms with E-state index in [0.717, 1.165) is 41.6 Å². The third-order valence-corrected chi connectivity index (χ3v) is 5.50. The fourth-order valence-electron chi connectivity index (χ4n) is 4.15. The van der Waals surface area contributed by atoms with Gasteiger partial charge in [0.2, 0.25) is 0 Å². The second kappa shape index (κ2) is 6.21. The summed E-state index contributed by atoms with van der Waals surface area (Å²) in [5, 5.41) is 20.0. The van der Waals surface area contributed by atoms with Crippen LogP contribution in [-0.4, -0.2) is 41.8 Å². The third kappa shape index (κ3) is 2.49. The Hall–Kier alpha value is -2.73. The Labute approximate surface area is 151 Å². The number of fused-ring (bicyclic) bond motifs is 4. The topological polar surface area (TPSA) is 79.2 Å². The largest absolute Gasteiger partial charge is 0.504 e. The molecule has 0 aromatic heterocycles. The molecule has 2 aromatic carbocycles. The number of carbonyl (C=O) groups is 1. The number of aromatic carboxylic acids is 1. The van der Waals surface area contributed by atoms with Crippen molar-refractivity contribution in [3.63, 3.8) is 0 Å². The van der Waals surface area contributed by atoms with Crippen molar-refractivity contribution in [3.8, 4) is 17.2 Å². The van der Waals surface area contributed by atoms with Gasteiger partial charge in [0.15, 0.2) is 11.5 Å². The van der Waals surface area contributed by atoms with E-state index in [0.29, 0.717) is 18.0 Å². The molecule has 1 unspecified atom stereocenters. The van der Waals surface area contributed by atoms with Crippen LogP contribution in [0.15, 0.2) is 24.3 Å². The smallest absolute Gasteiger partial charge is 0.339 e. The quantitative estimate of drug-likeness (QED) is 0.881. The number of hydrogen-bond acceptors (Lipinski definition) is 5. The summed E-state index contributed by atoms with van der Waals surface area (Å²) >= 11 is 0. The molecule has 6 nitrogen and oxygen atoms in total. The van der Waals surface area contributed by atoms with Crippen molar-refractivity contribution in [2.45, 2.75) is 25.4 Å². The zero-order valence-corrected chi connectivity index (χ0v) is 14.8. The SMILES string of the molecule is COc1cc2c(cc1C(=O)O)C1Cc3ccc(OC)c(O)c3CN1CC2. The number of benzene rings is 2. The van der Waals surface area contributed by atoms with Gasteiger partial charge in [-0.2, -0.15) is 0 Å². The number of phenols is 1. The zero-order valence-electron chi connectivity index (χ0n) is 14.8. The molecule has 136 valence electrons. The number of nitrogens with zero attached hydrogens (tertiary/aromatic N) is 1. The molecule has 0 amide bonds. The number of rotatable bonds is 3. The van der Waals surface area contributed by atoms with Crippen LogP contribution in [0.3, 0.4) is 0 Å². The van der Waals surface area contributed by atoms with Gasteiger partial charge < -0.3 is 19.7 Å². The Kier molecular flexibility index (Phi) is 4.00. The molecule has 0 spiro atoms. The van der Waals surface area contributed by atoms with E-state index in [1.807, 2.05) is 12.1 Å². The van der Waals surface area contributed by atoms with Crippen molar-refractivity contribution < 1.29 is 24.5 Å². The van der Waals surface area contributed by atoms with Crippen molar-refractivity contribution in [2.75, 3.05) is 20.8 Å². The zero-order chi connectivity index (χ0) is 18.4. The predicted octanol–water partition coefficient (Wildman–Crippen LogP) is 2.76. The molecule has 2 aliphatic heterocycles. The van der Waals surface area contributed by atoms with Gasteiger partial charge in [0.1, 0.15) is 11.3 Å². The minimum atomic E-state index is -0.986. The van der Waals surface area contributed by atoms with Crippen molar-refractivity contribution in [3.05, 3.63) is 52.1 Å². The van der Waals surface area contributed by atoms with E-state index >= 15 is 0 Å². The molecule has 26 heavy (non-hydrogen) atoms. The first kappa shape index (κ1) is 16.7. The number of phenolic OH excluding ortho intramolecular Hbond substituents is 1. The molecule has 6 heteroatoms. The molecule has 0 fully saturated rings. The van der Waals surface area contributed by atoms with Crippen molar-refractivity contribution in [1.82, 2.24) is 4.90 Å². The Morgan fingerprint density at radius 1 is 1.15 bits per heavy atom. The highest BCUT2D eigenvalue weighted by atomic mass is 16.5. The normalized spacial score (nSPS) is 18.5. The number of methoxy groups -OCH3 is 2. The summed E-state index contributed by atoms with van der Waals surface area (Å²) in [5.74, 6) is 0.108. The molecule has 2 aliphatic rings. The van der Waals surface area contributed by atoms with Crippen LogP contribution in [0.1, 0.15) is 38.7 Å². The summed E-state index contributed by atoms with van der Waals surface area (Å²) in [6.45, 7) is 1.47. The maximum atomic E-state index is 11.6. The lowest BCUT2D eigenvalue weighted by atomic mass is 9.83. The molecule has 0 aliphatic carbocycles. The van der Waals surface area contributed by atoms with Crippen LogP contribution in [0.4, 0.5) is 0 Å². The first-order chi connectivity index (χ1) is 12.5. The highest BCUT2D eigenvalue weighted by Crippen LogP contribution is 2.44. The molecule has 0 saturated carbocycles. The number of hydrogen-bond donors (Lipinski definition) is 2. The van der Waals surface area contributed by atoms with E-state index < -0.39 is 5.97 Å². The first-order valence-electron chi connectivity index (χ1n) is 8.59. The van der Waals surface area contributed by atoms with Crippen LogP contribution in [0, 0.1) is 0 Å². The summed E-state index contributed by atoms with van der Waals surface area (Å²) < 4.78 is 10.5. The van der Waals surface area contributed by atoms with E-state index in [4.69, 9.17) is 9.47 Å². The Bertz CT molecular complexity index is 892. The average molecular weight is 355 g/mol. The van der Waals surface area contributed by atoms with E-state index in [-0.39, 0.29) is 17.4 Å². The van der Waals surface area contributed by atoms with Crippen LogP contribution < -0.4 is 9.47 Å². The van der Waals surface area contributed by atoms with Gasteiger partial charge in [-0.15, -0.1) is 0 Å². The third-order valence-electron chi connectivity index (χ3n) is 5.50.